The lowest BCUT2D eigenvalue weighted by Gasteiger charge is -2.30. The van der Waals surface area contributed by atoms with Crippen LogP contribution in [0.15, 0.2) is 28.8 Å². The van der Waals surface area contributed by atoms with E-state index in [1.54, 1.807) is 0 Å². The molecule has 7 heteroatoms. The van der Waals surface area contributed by atoms with Crippen LogP contribution in [0.5, 0.6) is 0 Å². The lowest BCUT2D eigenvalue weighted by Crippen LogP contribution is -2.44. The molecule has 1 aliphatic heterocycles. The van der Waals surface area contributed by atoms with Crippen molar-refractivity contribution in [3.8, 4) is 0 Å². The van der Waals surface area contributed by atoms with Gasteiger partial charge in [-0.15, -0.1) is 12.4 Å². The Balaban J connectivity index is 0.00000176. The second-order valence-corrected chi connectivity index (χ2v) is 5.90. The second kappa shape index (κ2) is 7.42. The summed E-state index contributed by atoms with van der Waals surface area (Å²) < 4.78 is 5.46. The number of rotatable bonds is 3. The minimum atomic E-state index is 0. The van der Waals surface area contributed by atoms with Crippen LogP contribution in [0.1, 0.15) is 36.2 Å². The molecule has 1 saturated heterocycles. The highest BCUT2D eigenvalue weighted by Crippen LogP contribution is 2.26. The minimum Gasteiger partial charge on any atom is -0.339 e. The van der Waals surface area contributed by atoms with Crippen LogP contribution in [-0.2, 0) is 0 Å². The number of nitrogens with one attached hydrogen (secondary N) is 1. The molecule has 0 bridgehead atoms. The molecule has 3 rings (SSSR count). The molecule has 5 nitrogen and oxygen atoms in total. The molecule has 1 aromatic heterocycles. The average molecular weight is 343 g/mol. The van der Waals surface area contributed by atoms with Crippen LogP contribution in [0.4, 0.5) is 0 Å². The highest BCUT2D eigenvalue weighted by molar-refractivity contribution is 6.30. The number of likely N-dealkylation sites (N-methyl/N-ethyl adjacent to an activating group) is 1. The molecule has 2 aromatic rings. The fourth-order valence-corrected chi connectivity index (χ4v) is 2.77. The molecule has 0 amide bonds. The molecule has 2 heterocycles. The third-order valence-corrected chi connectivity index (χ3v) is 4.22. The van der Waals surface area contributed by atoms with E-state index in [1.807, 2.05) is 31.2 Å². The van der Waals surface area contributed by atoms with Crippen LogP contribution in [0.3, 0.4) is 0 Å². The van der Waals surface area contributed by atoms with E-state index in [2.05, 4.69) is 27.4 Å². The van der Waals surface area contributed by atoms with Crippen molar-refractivity contribution in [3.63, 3.8) is 0 Å². The van der Waals surface area contributed by atoms with Gasteiger partial charge in [0, 0.05) is 24.7 Å². The van der Waals surface area contributed by atoms with Crippen LogP contribution < -0.4 is 5.32 Å². The summed E-state index contributed by atoms with van der Waals surface area (Å²) in [6.07, 6.45) is 0. The zero-order valence-corrected chi connectivity index (χ0v) is 14.2. The molecule has 2 atom stereocenters. The first-order valence-corrected chi connectivity index (χ1v) is 7.53. The number of piperazine rings is 1. The van der Waals surface area contributed by atoms with Gasteiger partial charge in [-0.2, -0.15) is 4.98 Å². The van der Waals surface area contributed by atoms with Crippen molar-refractivity contribution in [3.05, 3.63) is 46.6 Å². The molecule has 22 heavy (non-hydrogen) atoms. The minimum absolute atomic E-state index is 0. The standard InChI is InChI=1S/C15H19ClN4O.ClH/c1-10(11-4-3-5-12(16)8-11)15-18-14(19-21-15)13-9-17-6-7-20(13)2;/h3-5,8,10,13,17H,6-7,9H2,1-2H3;1H. The molecule has 2 unspecified atom stereocenters. The van der Waals surface area contributed by atoms with Gasteiger partial charge in [0.15, 0.2) is 5.82 Å². The molecule has 1 aromatic carbocycles. The van der Waals surface area contributed by atoms with E-state index < -0.39 is 0 Å². The van der Waals surface area contributed by atoms with Gasteiger partial charge in [-0.05, 0) is 31.7 Å². The normalized spacial score (nSPS) is 20.4. The summed E-state index contributed by atoms with van der Waals surface area (Å²) in [5, 5.41) is 8.24. The van der Waals surface area contributed by atoms with Crippen LogP contribution in [0.2, 0.25) is 5.02 Å². The van der Waals surface area contributed by atoms with Gasteiger partial charge < -0.3 is 9.84 Å². The summed E-state index contributed by atoms with van der Waals surface area (Å²) in [7, 11) is 2.09. The Morgan fingerprint density at radius 3 is 3.00 bits per heavy atom. The molecular weight excluding hydrogens is 323 g/mol. The second-order valence-electron chi connectivity index (χ2n) is 5.47. The molecule has 1 fully saturated rings. The first-order chi connectivity index (χ1) is 10.1. The van der Waals surface area contributed by atoms with Gasteiger partial charge in [0.05, 0.1) is 12.0 Å². The number of nitrogens with zero attached hydrogens (tertiary/aromatic N) is 3. The predicted molar refractivity (Wildman–Crippen MR) is 88.8 cm³/mol. The van der Waals surface area contributed by atoms with E-state index in [1.165, 1.54) is 0 Å². The number of benzene rings is 1. The predicted octanol–water partition coefficient (Wildman–Crippen LogP) is 2.87. The lowest BCUT2D eigenvalue weighted by atomic mass is 10.0. The molecule has 0 radical (unpaired) electrons. The third-order valence-electron chi connectivity index (χ3n) is 3.99. The summed E-state index contributed by atoms with van der Waals surface area (Å²) in [6, 6.07) is 7.92. The zero-order chi connectivity index (χ0) is 14.8. The van der Waals surface area contributed by atoms with Crippen LogP contribution in [-0.4, -0.2) is 41.7 Å². The maximum absolute atomic E-state index is 6.04. The van der Waals surface area contributed by atoms with Crippen molar-refractivity contribution < 1.29 is 4.52 Å². The molecule has 0 aliphatic carbocycles. The third kappa shape index (κ3) is 3.60. The van der Waals surface area contributed by atoms with Crippen molar-refractivity contribution in [2.75, 3.05) is 26.7 Å². The molecule has 1 aliphatic rings. The number of hydrogen-bond donors (Lipinski definition) is 1. The summed E-state index contributed by atoms with van der Waals surface area (Å²) >= 11 is 6.04. The summed E-state index contributed by atoms with van der Waals surface area (Å²) in [6.45, 7) is 4.88. The van der Waals surface area contributed by atoms with E-state index in [0.29, 0.717) is 5.89 Å². The van der Waals surface area contributed by atoms with Gasteiger partial charge >= 0.3 is 0 Å². The van der Waals surface area contributed by atoms with E-state index in [9.17, 15) is 0 Å². The van der Waals surface area contributed by atoms with Crippen LogP contribution in [0, 0.1) is 0 Å². The van der Waals surface area contributed by atoms with E-state index in [4.69, 9.17) is 16.1 Å². The molecule has 1 N–H and O–H groups in total. The maximum atomic E-state index is 6.04. The monoisotopic (exact) mass is 342 g/mol. The Kier molecular flexibility index (Phi) is 5.81. The highest BCUT2D eigenvalue weighted by atomic mass is 35.5. The maximum Gasteiger partial charge on any atom is 0.233 e. The van der Waals surface area contributed by atoms with Crippen LogP contribution >= 0.6 is 24.0 Å². The van der Waals surface area contributed by atoms with E-state index >= 15 is 0 Å². The van der Waals surface area contributed by atoms with Gasteiger partial charge in [-0.1, -0.05) is 28.9 Å². The summed E-state index contributed by atoms with van der Waals surface area (Å²) in [5.74, 6) is 1.41. The Labute approximate surface area is 141 Å². The Morgan fingerprint density at radius 2 is 2.27 bits per heavy atom. The number of hydrogen-bond acceptors (Lipinski definition) is 5. The number of aromatic nitrogens is 2. The Morgan fingerprint density at radius 1 is 1.45 bits per heavy atom. The van der Waals surface area contributed by atoms with Crippen molar-refractivity contribution in [1.29, 1.82) is 0 Å². The fourth-order valence-electron chi connectivity index (χ4n) is 2.57. The smallest absolute Gasteiger partial charge is 0.233 e. The molecule has 0 spiro atoms. The highest BCUT2D eigenvalue weighted by Gasteiger charge is 2.26. The Hall–Kier alpha value is -1.14. The van der Waals surface area contributed by atoms with Gasteiger partial charge in [-0.25, -0.2) is 0 Å². The van der Waals surface area contributed by atoms with Gasteiger partial charge in [0.1, 0.15) is 0 Å². The first kappa shape index (κ1) is 17.2. The topological polar surface area (TPSA) is 54.2 Å². The zero-order valence-electron chi connectivity index (χ0n) is 12.6. The summed E-state index contributed by atoms with van der Waals surface area (Å²) in [4.78, 5) is 6.83. The molecule has 0 saturated carbocycles. The number of halogens is 2. The van der Waals surface area contributed by atoms with Crippen molar-refractivity contribution in [1.82, 2.24) is 20.4 Å². The SMILES string of the molecule is CC(c1cccc(Cl)c1)c1nc(C2CNCCN2C)no1.Cl. The van der Waals surface area contributed by atoms with Crippen molar-refractivity contribution in [2.24, 2.45) is 0 Å². The van der Waals surface area contributed by atoms with Crippen LogP contribution in [0.25, 0.3) is 0 Å². The summed E-state index contributed by atoms with van der Waals surface area (Å²) in [5.41, 5.74) is 1.08. The van der Waals surface area contributed by atoms with E-state index in [0.717, 1.165) is 36.0 Å². The van der Waals surface area contributed by atoms with Gasteiger partial charge in [-0.3, -0.25) is 4.90 Å². The fraction of sp³-hybridized carbons (Fsp3) is 0.467. The first-order valence-electron chi connectivity index (χ1n) is 7.15. The quantitative estimate of drug-likeness (QED) is 0.929. The van der Waals surface area contributed by atoms with Crippen molar-refractivity contribution in [2.45, 2.75) is 18.9 Å². The molecular formula is C15H20Cl2N4O. The average Bonchev–Trinajstić information content (AvgIpc) is 2.96. The van der Waals surface area contributed by atoms with Crippen molar-refractivity contribution >= 4 is 24.0 Å². The molecule has 120 valence electrons. The van der Waals surface area contributed by atoms with Gasteiger partial charge in [0.2, 0.25) is 5.89 Å². The van der Waals surface area contributed by atoms with Gasteiger partial charge in [0.25, 0.3) is 0 Å². The van der Waals surface area contributed by atoms with E-state index in [-0.39, 0.29) is 24.4 Å². The lowest BCUT2D eigenvalue weighted by molar-refractivity contribution is 0.190. The largest absolute Gasteiger partial charge is 0.339 e. The Bertz CT molecular complexity index is 619.